The Morgan fingerprint density at radius 3 is 2.74 bits per heavy atom. The highest BCUT2D eigenvalue weighted by Gasteiger charge is 2.27. The summed E-state index contributed by atoms with van der Waals surface area (Å²) >= 11 is 0. The molecule has 0 unspecified atom stereocenters. The Labute approximate surface area is 112 Å². The van der Waals surface area contributed by atoms with E-state index >= 15 is 0 Å². The number of rotatable bonds is 4. The second kappa shape index (κ2) is 4.88. The standard InChI is InChI=1S/C15H17N3O/c1-10-4-3-5-12(8-10)19-14-9-13(16-2)17-15(18-14)11-6-7-11/h3-5,8-9,11H,6-7H2,1-2H3,(H,16,17,18). The molecule has 0 spiro atoms. The second-order valence-corrected chi connectivity index (χ2v) is 4.89. The average Bonchev–Trinajstić information content (AvgIpc) is 3.22. The summed E-state index contributed by atoms with van der Waals surface area (Å²) in [4.78, 5) is 8.97. The Bertz CT molecular complexity index is 594. The summed E-state index contributed by atoms with van der Waals surface area (Å²) in [5.74, 6) is 3.61. The minimum atomic E-state index is 0.508. The van der Waals surface area contributed by atoms with Crippen LogP contribution in [0.15, 0.2) is 30.3 Å². The van der Waals surface area contributed by atoms with Crippen LogP contribution in [0.3, 0.4) is 0 Å². The first-order valence-electron chi connectivity index (χ1n) is 6.56. The molecule has 19 heavy (non-hydrogen) atoms. The zero-order valence-corrected chi connectivity index (χ0v) is 11.2. The Balaban J connectivity index is 1.89. The number of anilines is 1. The van der Waals surface area contributed by atoms with Crippen molar-refractivity contribution in [2.24, 2.45) is 0 Å². The van der Waals surface area contributed by atoms with Gasteiger partial charge in [-0.1, -0.05) is 12.1 Å². The highest BCUT2D eigenvalue weighted by atomic mass is 16.5. The van der Waals surface area contributed by atoms with Crippen LogP contribution < -0.4 is 10.1 Å². The van der Waals surface area contributed by atoms with Crippen LogP contribution >= 0.6 is 0 Å². The molecule has 1 heterocycles. The Morgan fingerprint density at radius 2 is 2.05 bits per heavy atom. The lowest BCUT2D eigenvalue weighted by Crippen LogP contribution is -2.01. The Morgan fingerprint density at radius 1 is 1.21 bits per heavy atom. The maximum absolute atomic E-state index is 5.83. The van der Waals surface area contributed by atoms with E-state index in [-0.39, 0.29) is 0 Å². The van der Waals surface area contributed by atoms with E-state index in [1.165, 1.54) is 18.4 Å². The van der Waals surface area contributed by atoms with E-state index in [2.05, 4.69) is 15.3 Å². The van der Waals surface area contributed by atoms with Crippen LogP contribution in [0.4, 0.5) is 5.82 Å². The third-order valence-electron chi connectivity index (χ3n) is 3.13. The van der Waals surface area contributed by atoms with Crippen LogP contribution in [0, 0.1) is 6.92 Å². The molecule has 1 aliphatic carbocycles. The molecule has 0 aliphatic heterocycles. The monoisotopic (exact) mass is 255 g/mol. The highest BCUT2D eigenvalue weighted by molar-refractivity contribution is 5.40. The topological polar surface area (TPSA) is 47.0 Å². The van der Waals surface area contributed by atoms with Gasteiger partial charge in [0.15, 0.2) is 0 Å². The van der Waals surface area contributed by atoms with E-state index in [0.29, 0.717) is 11.8 Å². The maximum Gasteiger partial charge on any atom is 0.224 e. The van der Waals surface area contributed by atoms with Crippen molar-refractivity contribution in [3.63, 3.8) is 0 Å². The molecule has 0 saturated heterocycles. The first kappa shape index (κ1) is 12.0. The van der Waals surface area contributed by atoms with Gasteiger partial charge in [-0.15, -0.1) is 0 Å². The molecule has 0 amide bonds. The fraction of sp³-hybridized carbons (Fsp3) is 0.333. The first-order chi connectivity index (χ1) is 9.24. The van der Waals surface area contributed by atoms with E-state index in [1.54, 1.807) is 0 Å². The zero-order chi connectivity index (χ0) is 13.2. The van der Waals surface area contributed by atoms with Crippen LogP contribution in [-0.4, -0.2) is 17.0 Å². The molecule has 0 radical (unpaired) electrons. The lowest BCUT2D eigenvalue weighted by molar-refractivity contribution is 0.458. The summed E-state index contributed by atoms with van der Waals surface area (Å²) in [5.41, 5.74) is 1.17. The van der Waals surface area contributed by atoms with Gasteiger partial charge >= 0.3 is 0 Å². The SMILES string of the molecule is CNc1cc(Oc2cccc(C)c2)nc(C2CC2)n1. The van der Waals surface area contributed by atoms with Gasteiger partial charge in [-0.2, -0.15) is 4.98 Å². The number of hydrogen-bond donors (Lipinski definition) is 1. The van der Waals surface area contributed by atoms with Crippen molar-refractivity contribution in [1.82, 2.24) is 9.97 Å². The quantitative estimate of drug-likeness (QED) is 0.908. The van der Waals surface area contributed by atoms with Crippen LogP contribution in [0.25, 0.3) is 0 Å². The van der Waals surface area contributed by atoms with Crippen molar-refractivity contribution in [3.8, 4) is 11.6 Å². The number of nitrogens with one attached hydrogen (secondary N) is 1. The van der Waals surface area contributed by atoms with Gasteiger partial charge < -0.3 is 10.1 Å². The highest BCUT2D eigenvalue weighted by Crippen LogP contribution is 2.39. The molecule has 98 valence electrons. The molecule has 1 aromatic heterocycles. The van der Waals surface area contributed by atoms with Crippen molar-refractivity contribution in [2.75, 3.05) is 12.4 Å². The van der Waals surface area contributed by atoms with Crippen LogP contribution in [-0.2, 0) is 0 Å². The number of nitrogens with zero attached hydrogens (tertiary/aromatic N) is 2. The number of hydrogen-bond acceptors (Lipinski definition) is 4. The molecule has 1 fully saturated rings. The molecule has 1 saturated carbocycles. The van der Waals surface area contributed by atoms with Crippen LogP contribution in [0.1, 0.15) is 30.1 Å². The second-order valence-electron chi connectivity index (χ2n) is 4.89. The normalized spacial score (nSPS) is 14.2. The summed E-state index contributed by atoms with van der Waals surface area (Å²) < 4.78 is 5.83. The van der Waals surface area contributed by atoms with Crippen LogP contribution in [0.2, 0.25) is 0 Å². The van der Waals surface area contributed by atoms with Crippen molar-refractivity contribution in [2.45, 2.75) is 25.7 Å². The summed E-state index contributed by atoms with van der Waals surface area (Å²) in [5, 5.41) is 3.06. The lowest BCUT2D eigenvalue weighted by atomic mass is 10.2. The van der Waals surface area contributed by atoms with Gasteiger partial charge in [0.25, 0.3) is 0 Å². The molecular formula is C15H17N3O. The van der Waals surface area contributed by atoms with Gasteiger partial charge in [0, 0.05) is 19.0 Å². The minimum absolute atomic E-state index is 0.508. The molecular weight excluding hydrogens is 238 g/mol. The molecule has 1 N–H and O–H groups in total. The fourth-order valence-corrected chi connectivity index (χ4v) is 1.95. The average molecular weight is 255 g/mol. The molecule has 4 heteroatoms. The van der Waals surface area contributed by atoms with Gasteiger partial charge in [0.1, 0.15) is 17.4 Å². The summed E-state index contributed by atoms with van der Waals surface area (Å²) in [6.45, 7) is 2.04. The molecule has 1 aromatic carbocycles. The third-order valence-corrected chi connectivity index (χ3v) is 3.13. The van der Waals surface area contributed by atoms with E-state index in [9.17, 15) is 0 Å². The zero-order valence-electron chi connectivity index (χ0n) is 11.2. The molecule has 2 aromatic rings. The van der Waals surface area contributed by atoms with Gasteiger partial charge in [-0.25, -0.2) is 4.98 Å². The minimum Gasteiger partial charge on any atom is -0.439 e. The van der Waals surface area contributed by atoms with Crippen molar-refractivity contribution in [1.29, 1.82) is 0 Å². The fourth-order valence-electron chi connectivity index (χ4n) is 1.95. The largest absolute Gasteiger partial charge is 0.439 e. The van der Waals surface area contributed by atoms with E-state index < -0.39 is 0 Å². The van der Waals surface area contributed by atoms with Crippen molar-refractivity contribution >= 4 is 5.82 Å². The molecule has 0 bridgehead atoms. The van der Waals surface area contributed by atoms with Gasteiger partial charge in [-0.05, 0) is 37.5 Å². The number of aromatic nitrogens is 2. The van der Waals surface area contributed by atoms with Gasteiger partial charge in [-0.3, -0.25) is 0 Å². The summed E-state index contributed by atoms with van der Waals surface area (Å²) in [7, 11) is 1.86. The number of aryl methyl sites for hydroxylation is 1. The van der Waals surface area contributed by atoms with Crippen LogP contribution in [0.5, 0.6) is 11.6 Å². The molecule has 0 atom stereocenters. The summed E-state index contributed by atoms with van der Waals surface area (Å²) in [6.07, 6.45) is 2.36. The molecule has 4 nitrogen and oxygen atoms in total. The third kappa shape index (κ3) is 2.84. The predicted octanol–water partition coefficient (Wildman–Crippen LogP) is 3.50. The van der Waals surface area contributed by atoms with E-state index in [0.717, 1.165) is 17.4 Å². The van der Waals surface area contributed by atoms with Crippen molar-refractivity contribution in [3.05, 3.63) is 41.7 Å². The van der Waals surface area contributed by atoms with E-state index in [4.69, 9.17) is 4.74 Å². The number of benzene rings is 1. The first-order valence-corrected chi connectivity index (χ1v) is 6.56. The maximum atomic E-state index is 5.83. The number of ether oxygens (including phenoxy) is 1. The predicted molar refractivity (Wildman–Crippen MR) is 74.8 cm³/mol. The molecule has 1 aliphatic rings. The lowest BCUT2D eigenvalue weighted by Gasteiger charge is -2.09. The van der Waals surface area contributed by atoms with Gasteiger partial charge in [0.2, 0.25) is 5.88 Å². The van der Waals surface area contributed by atoms with E-state index in [1.807, 2.05) is 44.3 Å². The molecule has 3 rings (SSSR count). The Hall–Kier alpha value is -2.10. The smallest absolute Gasteiger partial charge is 0.224 e. The van der Waals surface area contributed by atoms with Gasteiger partial charge in [0.05, 0.1) is 0 Å². The Kier molecular flexibility index (Phi) is 3.07. The summed E-state index contributed by atoms with van der Waals surface area (Å²) in [6, 6.07) is 9.78. The van der Waals surface area contributed by atoms with Crippen molar-refractivity contribution < 1.29 is 4.74 Å².